The van der Waals surface area contributed by atoms with Crippen molar-refractivity contribution in [1.29, 1.82) is 0 Å². The van der Waals surface area contributed by atoms with Crippen LogP contribution in [0, 0.1) is 5.92 Å². The van der Waals surface area contributed by atoms with E-state index in [-0.39, 0.29) is 17.4 Å². The highest BCUT2D eigenvalue weighted by Gasteiger charge is 2.26. The van der Waals surface area contributed by atoms with Gasteiger partial charge in [-0.15, -0.1) is 0 Å². The number of ether oxygens (including phenoxy) is 1. The zero-order valence-electron chi connectivity index (χ0n) is 18.9. The molecule has 7 heteroatoms. The normalized spacial score (nSPS) is 20.5. The number of hydrogen-bond acceptors (Lipinski definition) is 5. The number of carbonyl (C=O) groups is 1. The molecule has 1 aromatic carbocycles. The first-order valence-electron chi connectivity index (χ1n) is 12.1. The van der Waals surface area contributed by atoms with Crippen molar-refractivity contribution >= 4 is 16.8 Å². The van der Waals surface area contributed by atoms with E-state index in [9.17, 15) is 9.59 Å². The van der Waals surface area contributed by atoms with Gasteiger partial charge >= 0.3 is 0 Å². The molecule has 1 amide bonds. The number of aryl methyl sites for hydroxylation is 2. The van der Waals surface area contributed by atoms with Gasteiger partial charge in [0.25, 0.3) is 5.56 Å². The molecule has 0 radical (unpaired) electrons. The molecule has 5 rings (SSSR count). The summed E-state index contributed by atoms with van der Waals surface area (Å²) >= 11 is 0. The molecule has 0 unspecified atom stereocenters. The van der Waals surface area contributed by atoms with E-state index in [0.29, 0.717) is 13.1 Å². The summed E-state index contributed by atoms with van der Waals surface area (Å²) in [5, 5.41) is 4.30. The third-order valence-corrected chi connectivity index (χ3v) is 7.28. The summed E-state index contributed by atoms with van der Waals surface area (Å²) in [5.41, 5.74) is 3.45. The van der Waals surface area contributed by atoms with Gasteiger partial charge in [-0.1, -0.05) is 18.2 Å². The number of hydrogen-bond donors (Lipinski definition) is 1. The maximum atomic E-state index is 13.2. The van der Waals surface area contributed by atoms with Crippen LogP contribution < -0.4 is 10.9 Å². The van der Waals surface area contributed by atoms with Crippen LogP contribution in [0.15, 0.2) is 29.1 Å². The van der Waals surface area contributed by atoms with Crippen molar-refractivity contribution in [3.05, 3.63) is 45.7 Å². The molecule has 172 valence electrons. The fraction of sp³-hybridized carbons (Fsp3) is 0.600. The minimum Gasteiger partial charge on any atom is -0.379 e. The molecule has 4 heterocycles. The first-order chi connectivity index (χ1) is 15.7. The average Bonchev–Trinajstić information content (AvgIpc) is 2.83. The van der Waals surface area contributed by atoms with E-state index in [0.717, 1.165) is 89.2 Å². The number of likely N-dealkylation sites (tertiary alicyclic amines) is 1. The summed E-state index contributed by atoms with van der Waals surface area (Å²) in [6.07, 6.45) is 3.80. The SMILES string of the molecule is O=C(NCCN1CCOCC1)C1CCN(Cc2cc3cccc4c3n(c2=O)CCC4)CC1. The number of rotatable bonds is 6. The maximum Gasteiger partial charge on any atom is 0.255 e. The lowest BCUT2D eigenvalue weighted by Crippen LogP contribution is -2.44. The Balaban J connectivity index is 1.15. The molecular formula is C25H34N4O3. The highest BCUT2D eigenvalue weighted by atomic mass is 16.5. The Morgan fingerprint density at radius 3 is 2.69 bits per heavy atom. The Labute approximate surface area is 189 Å². The summed E-state index contributed by atoms with van der Waals surface area (Å²) in [4.78, 5) is 30.4. The molecule has 0 bridgehead atoms. The predicted molar refractivity (Wildman–Crippen MR) is 125 cm³/mol. The van der Waals surface area contributed by atoms with Gasteiger partial charge in [0.1, 0.15) is 0 Å². The van der Waals surface area contributed by atoms with Crippen LogP contribution in [0.5, 0.6) is 0 Å². The molecule has 2 fully saturated rings. The zero-order chi connectivity index (χ0) is 21.9. The number of nitrogens with one attached hydrogen (secondary N) is 1. The Morgan fingerprint density at radius 2 is 1.88 bits per heavy atom. The Kier molecular flexibility index (Phi) is 6.57. The summed E-state index contributed by atoms with van der Waals surface area (Å²) in [7, 11) is 0. The van der Waals surface area contributed by atoms with Gasteiger partial charge in [0.2, 0.25) is 5.91 Å². The topological polar surface area (TPSA) is 66.8 Å². The molecule has 3 aliphatic heterocycles. The standard InChI is InChI=1S/C25H34N4O3/c30-24(26-8-12-27-13-15-32-16-14-27)20-6-10-28(11-7-20)18-22-17-21-4-1-3-19-5-2-9-29(23(19)21)25(22)31/h1,3-4,17,20H,2,5-16,18H2,(H,26,30). The van der Waals surface area contributed by atoms with Crippen molar-refractivity contribution < 1.29 is 9.53 Å². The first kappa shape index (κ1) is 21.6. The number of morpholine rings is 1. The summed E-state index contributed by atoms with van der Waals surface area (Å²) in [6, 6.07) is 8.46. The van der Waals surface area contributed by atoms with Gasteiger partial charge < -0.3 is 14.6 Å². The van der Waals surface area contributed by atoms with Gasteiger partial charge in [0.05, 0.1) is 18.7 Å². The fourth-order valence-electron chi connectivity index (χ4n) is 5.44. The second kappa shape index (κ2) is 9.73. The number of pyridine rings is 1. The Bertz CT molecular complexity index is 1020. The quantitative estimate of drug-likeness (QED) is 0.742. The van der Waals surface area contributed by atoms with Crippen LogP contribution in [0.4, 0.5) is 0 Å². The largest absolute Gasteiger partial charge is 0.379 e. The summed E-state index contributed by atoms with van der Waals surface area (Å²) in [6.45, 7) is 8.28. The van der Waals surface area contributed by atoms with Crippen LogP contribution in [0.2, 0.25) is 0 Å². The minimum absolute atomic E-state index is 0.0809. The molecule has 0 saturated carbocycles. The molecule has 2 saturated heterocycles. The molecule has 0 atom stereocenters. The smallest absolute Gasteiger partial charge is 0.255 e. The van der Waals surface area contributed by atoms with Gasteiger partial charge in [-0.3, -0.25) is 19.4 Å². The number of nitrogens with zero attached hydrogens (tertiary/aromatic N) is 3. The average molecular weight is 439 g/mol. The van der Waals surface area contributed by atoms with Crippen molar-refractivity contribution in [3.63, 3.8) is 0 Å². The van der Waals surface area contributed by atoms with Crippen LogP contribution in [-0.2, 0) is 29.0 Å². The number of aromatic nitrogens is 1. The molecule has 0 aliphatic carbocycles. The molecule has 7 nitrogen and oxygen atoms in total. The molecule has 1 aromatic heterocycles. The highest BCUT2D eigenvalue weighted by molar-refractivity contribution is 5.83. The van der Waals surface area contributed by atoms with Crippen LogP contribution >= 0.6 is 0 Å². The van der Waals surface area contributed by atoms with E-state index in [4.69, 9.17) is 4.74 Å². The molecule has 2 aromatic rings. The minimum atomic E-state index is 0.0809. The Morgan fingerprint density at radius 1 is 1.06 bits per heavy atom. The lowest BCUT2D eigenvalue weighted by atomic mass is 9.95. The second-order valence-corrected chi connectivity index (χ2v) is 9.38. The van der Waals surface area contributed by atoms with E-state index in [1.54, 1.807) is 0 Å². The lowest BCUT2D eigenvalue weighted by molar-refractivity contribution is -0.126. The van der Waals surface area contributed by atoms with Gasteiger partial charge in [-0.25, -0.2) is 0 Å². The second-order valence-electron chi connectivity index (χ2n) is 9.38. The third-order valence-electron chi connectivity index (χ3n) is 7.28. The monoisotopic (exact) mass is 438 g/mol. The van der Waals surface area contributed by atoms with E-state index in [1.165, 1.54) is 10.9 Å². The highest BCUT2D eigenvalue weighted by Crippen LogP contribution is 2.25. The number of amides is 1. The van der Waals surface area contributed by atoms with E-state index < -0.39 is 0 Å². The van der Waals surface area contributed by atoms with Gasteiger partial charge in [0, 0.05) is 50.7 Å². The van der Waals surface area contributed by atoms with E-state index >= 15 is 0 Å². The number of para-hydroxylation sites is 1. The molecule has 32 heavy (non-hydrogen) atoms. The van der Waals surface area contributed by atoms with E-state index in [2.05, 4.69) is 39.4 Å². The third kappa shape index (κ3) is 4.60. The molecule has 3 aliphatic rings. The summed E-state index contributed by atoms with van der Waals surface area (Å²) in [5.74, 6) is 0.262. The van der Waals surface area contributed by atoms with Crippen molar-refractivity contribution in [2.75, 3.05) is 52.5 Å². The van der Waals surface area contributed by atoms with Crippen LogP contribution in [0.25, 0.3) is 10.9 Å². The predicted octanol–water partition coefficient (Wildman–Crippen LogP) is 1.61. The molecule has 1 N–H and O–H groups in total. The number of piperidine rings is 1. The number of benzene rings is 1. The summed E-state index contributed by atoms with van der Waals surface area (Å²) < 4.78 is 7.35. The van der Waals surface area contributed by atoms with Crippen molar-refractivity contribution in [2.45, 2.75) is 38.8 Å². The lowest BCUT2D eigenvalue weighted by Gasteiger charge is -2.32. The Hall–Kier alpha value is -2.22. The van der Waals surface area contributed by atoms with Crippen molar-refractivity contribution in [3.8, 4) is 0 Å². The van der Waals surface area contributed by atoms with Gasteiger partial charge in [-0.2, -0.15) is 0 Å². The maximum absolute atomic E-state index is 13.2. The zero-order valence-corrected chi connectivity index (χ0v) is 18.9. The van der Waals surface area contributed by atoms with Crippen LogP contribution in [0.1, 0.15) is 30.4 Å². The first-order valence-corrected chi connectivity index (χ1v) is 12.1. The van der Waals surface area contributed by atoms with Crippen LogP contribution in [-0.4, -0.2) is 72.8 Å². The fourth-order valence-corrected chi connectivity index (χ4v) is 5.44. The van der Waals surface area contributed by atoms with Crippen molar-refractivity contribution in [1.82, 2.24) is 19.7 Å². The van der Waals surface area contributed by atoms with Gasteiger partial charge in [0.15, 0.2) is 0 Å². The van der Waals surface area contributed by atoms with E-state index in [1.807, 2.05) is 4.57 Å². The molecule has 0 spiro atoms. The van der Waals surface area contributed by atoms with Crippen LogP contribution in [0.3, 0.4) is 0 Å². The van der Waals surface area contributed by atoms with Gasteiger partial charge in [-0.05, 0) is 55.8 Å². The molecular weight excluding hydrogens is 404 g/mol. The van der Waals surface area contributed by atoms with Crippen molar-refractivity contribution in [2.24, 2.45) is 5.92 Å². The number of carbonyl (C=O) groups excluding carboxylic acids is 1.